The monoisotopic (exact) mass is 972 g/mol. The molecule has 0 aromatic heterocycles. The molecule has 0 aliphatic carbocycles. The van der Waals surface area contributed by atoms with Gasteiger partial charge in [-0.3, -0.25) is 4.79 Å². The van der Waals surface area contributed by atoms with Gasteiger partial charge in [-0.1, -0.05) is 340 Å². The number of rotatable bonds is 59. The average molecular weight is 973 g/mol. The van der Waals surface area contributed by atoms with Crippen LogP contribution in [0.5, 0.6) is 0 Å². The fourth-order valence-electron chi connectivity index (χ4n) is 10.2. The van der Waals surface area contributed by atoms with E-state index in [9.17, 15) is 20.1 Å². The Labute approximate surface area is 432 Å². The fraction of sp³-hybridized carbons (Fsp3) is 0.922. The summed E-state index contributed by atoms with van der Waals surface area (Å²) in [6.07, 6.45) is 77.0. The summed E-state index contributed by atoms with van der Waals surface area (Å²) in [6, 6.07) is -0.759. The first-order valence-electron chi connectivity index (χ1n) is 31.6. The maximum absolute atomic E-state index is 12.5. The number of hydrogen-bond acceptors (Lipinski definition) is 4. The topological polar surface area (TPSA) is 89.8 Å². The van der Waals surface area contributed by atoms with Crippen molar-refractivity contribution in [3.8, 4) is 0 Å². The molecule has 0 bridgehead atoms. The Morgan fingerprint density at radius 3 is 0.928 bits per heavy atom. The number of aliphatic hydroxyl groups is 3. The van der Waals surface area contributed by atoms with Gasteiger partial charge in [0.15, 0.2) is 0 Å². The quantitative estimate of drug-likeness (QED) is 0.0361. The molecule has 410 valence electrons. The van der Waals surface area contributed by atoms with Crippen molar-refractivity contribution in [2.75, 3.05) is 6.61 Å². The van der Waals surface area contributed by atoms with Gasteiger partial charge in [0.1, 0.15) is 0 Å². The molecule has 4 N–H and O–H groups in total. The van der Waals surface area contributed by atoms with Gasteiger partial charge >= 0.3 is 0 Å². The minimum atomic E-state index is -0.950. The van der Waals surface area contributed by atoms with Crippen molar-refractivity contribution in [1.82, 2.24) is 5.32 Å². The van der Waals surface area contributed by atoms with Crippen LogP contribution < -0.4 is 5.32 Å². The van der Waals surface area contributed by atoms with Crippen molar-refractivity contribution in [3.63, 3.8) is 0 Å². The Morgan fingerprint density at radius 1 is 0.362 bits per heavy atom. The van der Waals surface area contributed by atoms with Gasteiger partial charge in [-0.2, -0.15) is 0 Å². The molecule has 0 heterocycles. The molecule has 0 fully saturated rings. The number of hydrogen-bond donors (Lipinski definition) is 4. The third-order valence-electron chi connectivity index (χ3n) is 15.0. The van der Waals surface area contributed by atoms with E-state index in [1.807, 2.05) is 6.08 Å². The van der Waals surface area contributed by atoms with Gasteiger partial charge in [-0.15, -0.1) is 0 Å². The Kier molecular flexibility index (Phi) is 58.4. The fourth-order valence-corrected chi connectivity index (χ4v) is 10.2. The Balaban J connectivity index is 3.48. The second kappa shape index (κ2) is 59.4. The lowest BCUT2D eigenvalue weighted by Gasteiger charge is -2.21. The molecule has 0 aromatic rings. The van der Waals surface area contributed by atoms with Crippen LogP contribution in [0.15, 0.2) is 24.3 Å². The van der Waals surface area contributed by atoms with Crippen LogP contribution in [0.4, 0.5) is 0 Å². The second-order valence-electron chi connectivity index (χ2n) is 22.0. The van der Waals surface area contributed by atoms with Crippen LogP contribution in [0.25, 0.3) is 0 Å². The van der Waals surface area contributed by atoms with Gasteiger partial charge in [-0.05, 0) is 32.1 Å². The molecular weight excluding hydrogens is 847 g/mol. The molecule has 0 aromatic carbocycles. The summed E-state index contributed by atoms with van der Waals surface area (Å²) in [5.74, 6) is -0.318. The van der Waals surface area contributed by atoms with E-state index in [4.69, 9.17) is 0 Å². The van der Waals surface area contributed by atoms with Crippen LogP contribution in [0.3, 0.4) is 0 Å². The SMILES string of the molecule is CCCCCCCCCCCCCCC/C=C/CC/C=C/C(O)C(CO)NC(=O)CC(O)CCCCCCCCCCCCCCCCCCCCCCCCCCCCCCCCCCCCC. The summed E-state index contributed by atoms with van der Waals surface area (Å²) < 4.78 is 0. The number of amides is 1. The molecule has 5 nitrogen and oxygen atoms in total. The lowest BCUT2D eigenvalue weighted by molar-refractivity contribution is -0.124. The van der Waals surface area contributed by atoms with Crippen molar-refractivity contribution in [3.05, 3.63) is 24.3 Å². The molecule has 5 heteroatoms. The van der Waals surface area contributed by atoms with E-state index < -0.39 is 18.2 Å². The number of allylic oxidation sites excluding steroid dienone is 3. The maximum atomic E-state index is 12.5. The normalized spacial score (nSPS) is 13.3. The zero-order valence-electron chi connectivity index (χ0n) is 47.0. The Morgan fingerprint density at radius 2 is 0.623 bits per heavy atom. The van der Waals surface area contributed by atoms with Crippen LogP contribution in [-0.2, 0) is 4.79 Å². The first kappa shape index (κ1) is 67.8. The summed E-state index contributed by atoms with van der Waals surface area (Å²) in [5, 5.41) is 33.5. The van der Waals surface area contributed by atoms with Crippen LogP contribution in [0.2, 0.25) is 0 Å². The second-order valence-corrected chi connectivity index (χ2v) is 22.0. The number of unbranched alkanes of at least 4 members (excludes halogenated alkanes) is 48. The molecule has 0 aliphatic rings. The number of carbonyl (C=O) groups is 1. The van der Waals surface area contributed by atoms with Crippen molar-refractivity contribution >= 4 is 5.91 Å². The van der Waals surface area contributed by atoms with E-state index in [1.165, 1.54) is 295 Å². The largest absolute Gasteiger partial charge is 0.394 e. The Bertz CT molecular complexity index is 1030. The van der Waals surface area contributed by atoms with Gasteiger partial charge in [-0.25, -0.2) is 0 Å². The summed E-state index contributed by atoms with van der Waals surface area (Å²) in [4.78, 5) is 12.5. The molecule has 0 aliphatic heterocycles. The smallest absolute Gasteiger partial charge is 0.222 e. The summed E-state index contributed by atoms with van der Waals surface area (Å²) in [6.45, 7) is 4.24. The van der Waals surface area contributed by atoms with Crippen molar-refractivity contribution in [2.45, 2.75) is 372 Å². The number of carbonyl (C=O) groups excluding carboxylic acids is 1. The van der Waals surface area contributed by atoms with Crippen molar-refractivity contribution < 1.29 is 20.1 Å². The van der Waals surface area contributed by atoms with E-state index in [-0.39, 0.29) is 18.9 Å². The minimum Gasteiger partial charge on any atom is -0.394 e. The van der Waals surface area contributed by atoms with E-state index in [0.29, 0.717) is 6.42 Å². The predicted octanol–water partition coefficient (Wildman–Crippen LogP) is 20.0. The third-order valence-corrected chi connectivity index (χ3v) is 15.0. The van der Waals surface area contributed by atoms with Gasteiger partial charge in [0, 0.05) is 0 Å². The zero-order valence-corrected chi connectivity index (χ0v) is 47.0. The first-order chi connectivity index (χ1) is 34.0. The molecule has 3 unspecified atom stereocenters. The van der Waals surface area contributed by atoms with Crippen LogP contribution in [0, 0.1) is 0 Å². The summed E-state index contributed by atoms with van der Waals surface area (Å²) in [5.41, 5.74) is 0. The van der Waals surface area contributed by atoms with Crippen LogP contribution >= 0.6 is 0 Å². The predicted molar refractivity (Wildman–Crippen MR) is 305 cm³/mol. The van der Waals surface area contributed by atoms with Gasteiger partial charge in [0.05, 0.1) is 31.3 Å². The minimum absolute atomic E-state index is 0.0106. The lowest BCUT2D eigenvalue weighted by Crippen LogP contribution is -2.45. The third kappa shape index (κ3) is 56.0. The van der Waals surface area contributed by atoms with Crippen molar-refractivity contribution in [1.29, 1.82) is 0 Å². The first-order valence-corrected chi connectivity index (χ1v) is 31.6. The molecule has 69 heavy (non-hydrogen) atoms. The molecule has 0 spiro atoms. The molecule has 1 amide bonds. The summed E-state index contributed by atoms with van der Waals surface area (Å²) in [7, 11) is 0. The van der Waals surface area contributed by atoms with E-state index in [1.54, 1.807) is 6.08 Å². The lowest BCUT2D eigenvalue weighted by atomic mass is 10.0. The van der Waals surface area contributed by atoms with E-state index in [2.05, 4.69) is 31.3 Å². The van der Waals surface area contributed by atoms with Gasteiger partial charge in [0.25, 0.3) is 0 Å². The highest BCUT2D eigenvalue weighted by Gasteiger charge is 2.20. The highest BCUT2D eigenvalue weighted by Crippen LogP contribution is 2.19. The molecule has 3 atom stereocenters. The van der Waals surface area contributed by atoms with Crippen molar-refractivity contribution in [2.24, 2.45) is 0 Å². The van der Waals surface area contributed by atoms with Gasteiger partial charge < -0.3 is 20.6 Å². The standard InChI is InChI=1S/C64H125NO4/c1-3-5-7-9-11-13-15-17-19-21-23-24-25-26-27-28-29-30-31-32-33-34-35-36-37-38-40-41-43-45-47-49-51-53-55-57-61(67)59-64(69)65-62(60-66)63(68)58-56-54-52-50-48-46-44-42-39-22-20-18-16-14-12-10-8-6-4-2/h48,50,56,58,61-63,66-68H,3-47,49,51-55,57,59-60H2,1-2H3,(H,65,69)/b50-48+,58-56+. The Hall–Kier alpha value is -1.17. The molecule has 0 saturated carbocycles. The zero-order chi connectivity index (χ0) is 50.0. The average Bonchev–Trinajstić information content (AvgIpc) is 3.35. The maximum Gasteiger partial charge on any atom is 0.222 e. The number of nitrogens with one attached hydrogen (secondary N) is 1. The van der Waals surface area contributed by atoms with Crippen LogP contribution in [-0.4, -0.2) is 46.1 Å². The van der Waals surface area contributed by atoms with Crippen LogP contribution in [0.1, 0.15) is 354 Å². The molecular formula is C64H125NO4. The number of aliphatic hydroxyl groups excluding tert-OH is 3. The molecule has 0 radical (unpaired) electrons. The summed E-state index contributed by atoms with van der Waals surface area (Å²) >= 11 is 0. The van der Waals surface area contributed by atoms with E-state index >= 15 is 0 Å². The van der Waals surface area contributed by atoms with Gasteiger partial charge in [0.2, 0.25) is 5.91 Å². The molecule has 0 rings (SSSR count). The van der Waals surface area contributed by atoms with E-state index in [0.717, 1.165) is 32.1 Å². The molecule has 0 saturated heterocycles. The highest BCUT2D eigenvalue weighted by atomic mass is 16.3. The highest BCUT2D eigenvalue weighted by molar-refractivity contribution is 5.76.